The monoisotopic (exact) mass is 457 g/mol. The second-order valence-corrected chi connectivity index (χ2v) is 10.0. The summed E-state index contributed by atoms with van der Waals surface area (Å²) < 4.78 is 15.1. The Morgan fingerprint density at radius 2 is 2.13 bits per heavy atom. The van der Waals surface area contributed by atoms with Crippen molar-refractivity contribution in [3.63, 3.8) is 0 Å². The van der Waals surface area contributed by atoms with Crippen molar-refractivity contribution in [2.24, 2.45) is 4.99 Å². The van der Waals surface area contributed by atoms with Gasteiger partial charge in [-0.05, 0) is 86.8 Å². The van der Waals surface area contributed by atoms with E-state index in [1.165, 1.54) is 11.8 Å². The molecule has 2 heterocycles. The molecule has 0 aliphatic carbocycles. The summed E-state index contributed by atoms with van der Waals surface area (Å²) in [5.74, 6) is -0.314. The lowest BCUT2D eigenvalue weighted by atomic mass is 9.79. The summed E-state index contributed by atoms with van der Waals surface area (Å²) in [6, 6.07) is 10.6. The fourth-order valence-electron chi connectivity index (χ4n) is 4.51. The van der Waals surface area contributed by atoms with E-state index in [-0.39, 0.29) is 17.3 Å². The highest BCUT2D eigenvalue weighted by molar-refractivity contribution is 8.18. The van der Waals surface area contributed by atoms with Gasteiger partial charge < -0.3 is 10.2 Å². The molecular formula is C24H25ClFN3OS. The molecule has 2 aliphatic rings. The van der Waals surface area contributed by atoms with Gasteiger partial charge in [0.05, 0.1) is 10.6 Å². The summed E-state index contributed by atoms with van der Waals surface area (Å²) in [7, 11) is 0. The zero-order valence-electron chi connectivity index (χ0n) is 18.0. The fourth-order valence-corrected chi connectivity index (χ4v) is 5.53. The number of amides is 1. The molecule has 1 amide bonds. The molecule has 31 heavy (non-hydrogen) atoms. The number of nitrogens with zero attached hydrogens (tertiary/aromatic N) is 2. The van der Waals surface area contributed by atoms with Crippen LogP contribution < -0.4 is 10.2 Å². The average Bonchev–Trinajstić information content (AvgIpc) is 3.01. The predicted molar refractivity (Wildman–Crippen MR) is 129 cm³/mol. The zero-order valence-corrected chi connectivity index (χ0v) is 19.6. The standard InChI is InChI=1S/C24H25ClFN3OS/c1-5-29-20-12-19(26)15(9-18(20)14(2)13-24(29,3)4)10-21-22(30)28-23(31-21)27-17-8-6-7-16(25)11-17/h6-12,14H,5,13H2,1-4H3,(H,27,28,30)/b21-10+. The Hall–Kier alpha value is -2.31. The summed E-state index contributed by atoms with van der Waals surface area (Å²) in [5.41, 5.74) is 3.10. The lowest BCUT2D eigenvalue weighted by Gasteiger charge is -2.47. The number of benzene rings is 2. The third-order valence-electron chi connectivity index (χ3n) is 5.80. The van der Waals surface area contributed by atoms with Crippen molar-refractivity contribution in [3.8, 4) is 0 Å². The number of nitrogens with one attached hydrogen (secondary N) is 1. The first kappa shape index (κ1) is 21.9. The van der Waals surface area contributed by atoms with Crippen molar-refractivity contribution in [1.29, 1.82) is 0 Å². The third kappa shape index (κ3) is 4.37. The van der Waals surface area contributed by atoms with Gasteiger partial charge in [0.15, 0.2) is 5.17 Å². The lowest BCUT2D eigenvalue weighted by molar-refractivity contribution is -0.115. The Balaban J connectivity index is 1.67. The Morgan fingerprint density at radius 1 is 1.35 bits per heavy atom. The van der Waals surface area contributed by atoms with Gasteiger partial charge in [-0.1, -0.05) is 24.6 Å². The number of amidine groups is 1. The smallest absolute Gasteiger partial charge is 0.264 e. The molecule has 1 saturated heterocycles. The molecule has 1 N–H and O–H groups in total. The molecule has 0 spiro atoms. The minimum Gasteiger partial charge on any atom is -0.366 e. The number of carbonyl (C=O) groups excluding carboxylic acids is 1. The minimum absolute atomic E-state index is 0.0273. The van der Waals surface area contributed by atoms with Crippen LogP contribution >= 0.6 is 23.4 Å². The molecule has 1 unspecified atom stereocenters. The van der Waals surface area contributed by atoms with E-state index in [1.807, 2.05) is 6.07 Å². The Bertz CT molecular complexity index is 1110. The molecule has 162 valence electrons. The Morgan fingerprint density at radius 3 is 2.84 bits per heavy atom. The van der Waals surface area contributed by atoms with Gasteiger partial charge in [0.1, 0.15) is 5.82 Å². The zero-order chi connectivity index (χ0) is 22.3. The summed E-state index contributed by atoms with van der Waals surface area (Å²) in [5, 5.41) is 3.76. The van der Waals surface area contributed by atoms with E-state index in [2.05, 4.69) is 42.9 Å². The minimum atomic E-state index is -0.330. The van der Waals surface area contributed by atoms with E-state index in [9.17, 15) is 4.79 Å². The molecule has 0 saturated carbocycles. The van der Waals surface area contributed by atoms with Crippen LogP contribution in [0.1, 0.15) is 51.2 Å². The van der Waals surface area contributed by atoms with Crippen molar-refractivity contribution in [2.45, 2.75) is 45.6 Å². The van der Waals surface area contributed by atoms with E-state index in [1.54, 1.807) is 36.4 Å². The highest BCUT2D eigenvalue weighted by atomic mass is 35.5. The van der Waals surface area contributed by atoms with E-state index in [4.69, 9.17) is 11.6 Å². The maximum absolute atomic E-state index is 15.1. The number of anilines is 1. The number of aliphatic imine (C=N–C) groups is 1. The normalized spacial score (nSPS) is 22.7. The van der Waals surface area contributed by atoms with Gasteiger partial charge in [0.2, 0.25) is 0 Å². The van der Waals surface area contributed by atoms with Gasteiger partial charge in [-0.2, -0.15) is 0 Å². The average molecular weight is 458 g/mol. The molecule has 4 nitrogen and oxygen atoms in total. The summed E-state index contributed by atoms with van der Waals surface area (Å²) in [6.45, 7) is 9.48. The highest BCUT2D eigenvalue weighted by Gasteiger charge is 2.36. The van der Waals surface area contributed by atoms with Gasteiger partial charge in [0, 0.05) is 28.4 Å². The highest BCUT2D eigenvalue weighted by Crippen LogP contribution is 2.44. The number of rotatable bonds is 3. The number of fused-ring (bicyclic) bond motifs is 1. The molecule has 0 radical (unpaired) electrons. The molecule has 4 rings (SSSR count). The SMILES string of the molecule is CCN1c2cc(F)c(/C=C3/SC(=Nc4cccc(Cl)c4)NC3=O)cc2C(C)CC1(C)C. The van der Waals surface area contributed by atoms with Crippen LogP contribution in [0.15, 0.2) is 46.3 Å². The fraction of sp³-hybridized carbons (Fsp3) is 0.333. The van der Waals surface area contributed by atoms with Crippen LogP contribution in [0, 0.1) is 5.82 Å². The first-order chi connectivity index (χ1) is 14.7. The molecule has 2 aromatic carbocycles. The first-order valence-corrected chi connectivity index (χ1v) is 11.5. The van der Waals surface area contributed by atoms with Crippen molar-refractivity contribution < 1.29 is 9.18 Å². The summed E-state index contributed by atoms with van der Waals surface area (Å²) in [4.78, 5) is 19.6. The van der Waals surface area contributed by atoms with Crippen LogP contribution in [0.3, 0.4) is 0 Å². The van der Waals surface area contributed by atoms with Crippen LogP contribution in [0.25, 0.3) is 6.08 Å². The molecule has 0 bridgehead atoms. The summed E-state index contributed by atoms with van der Waals surface area (Å²) >= 11 is 7.20. The molecule has 7 heteroatoms. The van der Waals surface area contributed by atoms with E-state index < -0.39 is 0 Å². The van der Waals surface area contributed by atoms with Gasteiger partial charge in [-0.25, -0.2) is 9.38 Å². The second-order valence-electron chi connectivity index (χ2n) is 8.56. The van der Waals surface area contributed by atoms with E-state index in [0.717, 1.165) is 24.2 Å². The molecular weight excluding hydrogens is 433 g/mol. The lowest BCUT2D eigenvalue weighted by Crippen LogP contribution is -2.48. The van der Waals surface area contributed by atoms with Crippen molar-refractivity contribution in [1.82, 2.24) is 5.32 Å². The second kappa shape index (κ2) is 8.32. The quantitative estimate of drug-likeness (QED) is 0.536. The Labute approximate surface area is 191 Å². The molecule has 2 aromatic rings. The maximum Gasteiger partial charge on any atom is 0.264 e. The van der Waals surface area contributed by atoms with Gasteiger partial charge >= 0.3 is 0 Å². The molecule has 2 aliphatic heterocycles. The molecule has 1 atom stereocenters. The largest absolute Gasteiger partial charge is 0.366 e. The third-order valence-corrected chi connectivity index (χ3v) is 6.94. The number of thioether (sulfide) groups is 1. The number of hydrogen-bond donors (Lipinski definition) is 1. The topological polar surface area (TPSA) is 44.7 Å². The van der Waals surface area contributed by atoms with Crippen molar-refractivity contribution in [2.75, 3.05) is 11.4 Å². The van der Waals surface area contributed by atoms with Crippen molar-refractivity contribution in [3.05, 3.63) is 63.3 Å². The van der Waals surface area contributed by atoms with Crippen LogP contribution in [-0.4, -0.2) is 23.2 Å². The van der Waals surface area contributed by atoms with Crippen LogP contribution in [-0.2, 0) is 4.79 Å². The number of halogens is 2. The van der Waals surface area contributed by atoms with Gasteiger partial charge in [0.25, 0.3) is 5.91 Å². The molecule has 1 fully saturated rings. The van der Waals surface area contributed by atoms with Crippen LogP contribution in [0.4, 0.5) is 15.8 Å². The number of carbonyl (C=O) groups is 1. The maximum atomic E-state index is 15.1. The molecule has 0 aromatic heterocycles. The Kier molecular flexibility index (Phi) is 5.88. The predicted octanol–water partition coefficient (Wildman–Crippen LogP) is 6.48. The summed E-state index contributed by atoms with van der Waals surface area (Å²) in [6.07, 6.45) is 2.60. The van der Waals surface area contributed by atoms with Gasteiger partial charge in [-0.15, -0.1) is 0 Å². The van der Waals surface area contributed by atoms with E-state index in [0.29, 0.717) is 32.3 Å². The van der Waals surface area contributed by atoms with Crippen LogP contribution in [0.2, 0.25) is 5.02 Å². The number of hydrogen-bond acceptors (Lipinski definition) is 4. The van der Waals surface area contributed by atoms with Gasteiger partial charge in [-0.3, -0.25) is 4.79 Å². The van der Waals surface area contributed by atoms with E-state index >= 15 is 4.39 Å². The van der Waals surface area contributed by atoms with Crippen molar-refractivity contribution >= 4 is 51.9 Å². The first-order valence-electron chi connectivity index (χ1n) is 10.3. The van der Waals surface area contributed by atoms with Crippen LogP contribution in [0.5, 0.6) is 0 Å².